The van der Waals surface area contributed by atoms with Gasteiger partial charge in [0.2, 0.25) is 5.91 Å². The molecule has 0 aromatic heterocycles. The van der Waals surface area contributed by atoms with E-state index in [0.29, 0.717) is 30.6 Å². The van der Waals surface area contributed by atoms with Crippen LogP contribution in [0.1, 0.15) is 39.5 Å². The molecule has 0 aromatic carbocycles. The number of carbonyl (C=O) groups excluding carboxylic acids is 1. The summed E-state index contributed by atoms with van der Waals surface area (Å²) in [5.74, 6) is 0.989. The standard InChI is InChI=1S/C11H20N2O/c1-3-10-12-7-11(14)13(10)9-6-4-5-8(9)2/h8-10,12H,3-7H2,1-2H3. The Hall–Kier alpha value is -0.570. The fourth-order valence-electron chi connectivity index (χ4n) is 2.86. The monoisotopic (exact) mass is 196 g/mol. The Labute approximate surface area is 85.8 Å². The first-order chi connectivity index (χ1) is 6.74. The zero-order valence-corrected chi connectivity index (χ0v) is 9.12. The first kappa shape index (κ1) is 9.97. The van der Waals surface area contributed by atoms with Gasteiger partial charge >= 0.3 is 0 Å². The molecule has 1 aliphatic heterocycles. The van der Waals surface area contributed by atoms with Crippen molar-refractivity contribution in [2.75, 3.05) is 6.54 Å². The Balaban J connectivity index is 2.10. The second kappa shape index (κ2) is 3.89. The molecule has 1 aliphatic carbocycles. The van der Waals surface area contributed by atoms with Gasteiger partial charge in [-0.2, -0.15) is 0 Å². The molecule has 0 spiro atoms. The smallest absolute Gasteiger partial charge is 0.238 e. The molecule has 1 heterocycles. The van der Waals surface area contributed by atoms with Gasteiger partial charge < -0.3 is 4.90 Å². The van der Waals surface area contributed by atoms with Crippen LogP contribution >= 0.6 is 0 Å². The number of carbonyl (C=O) groups is 1. The molecular formula is C11H20N2O. The maximum Gasteiger partial charge on any atom is 0.238 e. The van der Waals surface area contributed by atoms with Gasteiger partial charge in [0, 0.05) is 6.04 Å². The first-order valence-corrected chi connectivity index (χ1v) is 5.78. The van der Waals surface area contributed by atoms with Crippen molar-refractivity contribution < 1.29 is 4.79 Å². The highest BCUT2D eigenvalue weighted by Crippen LogP contribution is 2.32. The molecule has 2 aliphatic rings. The van der Waals surface area contributed by atoms with Crippen LogP contribution in [0, 0.1) is 5.92 Å². The molecule has 0 bridgehead atoms. The quantitative estimate of drug-likeness (QED) is 0.723. The molecule has 14 heavy (non-hydrogen) atoms. The molecule has 1 saturated carbocycles. The number of amides is 1. The summed E-state index contributed by atoms with van der Waals surface area (Å²) in [6.45, 7) is 4.96. The lowest BCUT2D eigenvalue weighted by atomic mass is 10.0. The van der Waals surface area contributed by atoms with E-state index in [2.05, 4.69) is 24.1 Å². The van der Waals surface area contributed by atoms with Crippen LogP contribution in [0.15, 0.2) is 0 Å². The van der Waals surface area contributed by atoms with Gasteiger partial charge in [-0.15, -0.1) is 0 Å². The van der Waals surface area contributed by atoms with E-state index in [0.717, 1.165) is 6.42 Å². The van der Waals surface area contributed by atoms with Crippen molar-refractivity contribution in [3.63, 3.8) is 0 Å². The van der Waals surface area contributed by atoms with Crippen molar-refractivity contribution in [3.8, 4) is 0 Å². The normalized spacial score (nSPS) is 38.3. The molecule has 2 rings (SSSR count). The van der Waals surface area contributed by atoms with E-state index in [4.69, 9.17) is 0 Å². The summed E-state index contributed by atoms with van der Waals surface area (Å²) >= 11 is 0. The third-order valence-corrected chi connectivity index (χ3v) is 3.67. The minimum absolute atomic E-state index is 0.299. The summed E-state index contributed by atoms with van der Waals surface area (Å²) in [5, 5.41) is 3.28. The fourth-order valence-corrected chi connectivity index (χ4v) is 2.86. The van der Waals surface area contributed by atoms with Crippen LogP contribution in [0.4, 0.5) is 0 Å². The van der Waals surface area contributed by atoms with Gasteiger partial charge in [0.15, 0.2) is 0 Å². The molecule has 80 valence electrons. The highest BCUT2D eigenvalue weighted by Gasteiger charge is 2.38. The minimum Gasteiger partial charge on any atom is -0.323 e. The van der Waals surface area contributed by atoms with Crippen LogP contribution in [0.3, 0.4) is 0 Å². The van der Waals surface area contributed by atoms with Crippen molar-refractivity contribution in [2.24, 2.45) is 5.92 Å². The van der Waals surface area contributed by atoms with E-state index < -0.39 is 0 Å². The summed E-state index contributed by atoms with van der Waals surface area (Å²) in [6, 6.07) is 0.502. The summed E-state index contributed by atoms with van der Waals surface area (Å²) < 4.78 is 0. The maximum absolute atomic E-state index is 11.7. The van der Waals surface area contributed by atoms with Crippen LogP contribution in [0.2, 0.25) is 0 Å². The lowest BCUT2D eigenvalue weighted by molar-refractivity contribution is -0.131. The van der Waals surface area contributed by atoms with Gasteiger partial charge in [-0.25, -0.2) is 0 Å². The van der Waals surface area contributed by atoms with E-state index in [1.165, 1.54) is 19.3 Å². The lowest BCUT2D eigenvalue weighted by Crippen LogP contribution is -2.45. The minimum atomic E-state index is 0.299. The molecule has 1 saturated heterocycles. The zero-order valence-electron chi connectivity index (χ0n) is 9.12. The van der Waals surface area contributed by atoms with Gasteiger partial charge in [-0.05, 0) is 25.2 Å². The largest absolute Gasteiger partial charge is 0.323 e. The van der Waals surface area contributed by atoms with Crippen molar-refractivity contribution >= 4 is 5.91 Å². The molecule has 3 unspecified atom stereocenters. The van der Waals surface area contributed by atoms with Gasteiger partial charge in [-0.3, -0.25) is 10.1 Å². The third kappa shape index (κ3) is 1.54. The molecule has 3 atom stereocenters. The van der Waals surface area contributed by atoms with Gasteiger partial charge in [0.25, 0.3) is 0 Å². The van der Waals surface area contributed by atoms with Crippen LogP contribution < -0.4 is 5.32 Å². The van der Waals surface area contributed by atoms with E-state index in [-0.39, 0.29) is 0 Å². The second-order valence-corrected chi connectivity index (χ2v) is 4.58. The number of hydrogen-bond acceptors (Lipinski definition) is 2. The van der Waals surface area contributed by atoms with Crippen molar-refractivity contribution in [2.45, 2.75) is 51.7 Å². The van der Waals surface area contributed by atoms with Gasteiger partial charge in [-0.1, -0.05) is 20.3 Å². The van der Waals surface area contributed by atoms with Gasteiger partial charge in [0.05, 0.1) is 12.7 Å². The maximum atomic E-state index is 11.7. The second-order valence-electron chi connectivity index (χ2n) is 4.58. The number of rotatable bonds is 2. The highest BCUT2D eigenvalue weighted by atomic mass is 16.2. The third-order valence-electron chi connectivity index (χ3n) is 3.67. The average molecular weight is 196 g/mol. The van der Waals surface area contributed by atoms with E-state index in [1.807, 2.05) is 0 Å². The molecule has 1 N–H and O–H groups in total. The van der Waals surface area contributed by atoms with Crippen LogP contribution in [0.25, 0.3) is 0 Å². The molecule has 0 radical (unpaired) electrons. The Morgan fingerprint density at radius 2 is 2.29 bits per heavy atom. The summed E-state index contributed by atoms with van der Waals surface area (Å²) in [5.41, 5.74) is 0. The lowest BCUT2D eigenvalue weighted by Gasteiger charge is -2.32. The Morgan fingerprint density at radius 1 is 1.50 bits per heavy atom. The topological polar surface area (TPSA) is 32.3 Å². The zero-order chi connectivity index (χ0) is 10.1. The Morgan fingerprint density at radius 3 is 2.86 bits per heavy atom. The predicted molar refractivity (Wildman–Crippen MR) is 55.7 cm³/mol. The van der Waals surface area contributed by atoms with Crippen molar-refractivity contribution in [3.05, 3.63) is 0 Å². The molecular weight excluding hydrogens is 176 g/mol. The SMILES string of the molecule is CCC1NCC(=O)N1C1CCCC1C. The first-order valence-electron chi connectivity index (χ1n) is 5.78. The number of hydrogen-bond donors (Lipinski definition) is 1. The van der Waals surface area contributed by atoms with Crippen molar-refractivity contribution in [1.82, 2.24) is 10.2 Å². The summed E-state index contributed by atoms with van der Waals surface area (Å²) in [4.78, 5) is 13.8. The predicted octanol–water partition coefficient (Wildman–Crippen LogP) is 1.34. The Kier molecular flexibility index (Phi) is 2.77. The number of nitrogens with zero attached hydrogens (tertiary/aromatic N) is 1. The van der Waals surface area contributed by atoms with Gasteiger partial charge in [0.1, 0.15) is 0 Å². The molecule has 0 aromatic rings. The van der Waals surface area contributed by atoms with Crippen LogP contribution in [-0.4, -0.2) is 29.6 Å². The summed E-state index contributed by atoms with van der Waals surface area (Å²) in [7, 11) is 0. The number of nitrogens with one attached hydrogen (secondary N) is 1. The molecule has 2 fully saturated rings. The van der Waals surface area contributed by atoms with E-state index in [9.17, 15) is 4.79 Å². The molecule has 3 heteroatoms. The highest BCUT2D eigenvalue weighted by molar-refractivity contribution is 5.81. The van der Waals surface area contributed by atoms with Crippen LogP contribution in [0.5, 0.6) is 0 Å². The van der Waals surface area contributed by atoms with E-state index >= 15 is 0 Å². The summed E-state index contributed by atoms with van der Waals surface area (Å²) in [6.07, 6.45) is 5.09. The molecule has 1 amide bonds. The van der Waals surface area contributed by atoms with Crippen molar-refractivity contribution in [1.29, 1.82) is 0 Å². The Bertz CT molecular complexity index is 229. The average Bonchev–Trinajstić information content (AvgIpc) is 2.72. The van der Waals surface area contributed by atoms with E-state index in [1.54, 1.807) is 0 Å². The fraction of sp³-hybridized carbons (Fsp3) is 0.909. The molecule has 3 nitrogen and oxygen atoms in total. The van der Waals surface area contributed by atoms with Crippen LogP contribution in [-0.2, 0) is 4.79 Å².